The van der Waals surface area contributed by atoms with E-state index in [4.69, 9.17) is 0 Å². The highest BCUT2D eigenvalue weighted by molar-refractivity contribution is 5.96. The molecule has 25 heavy (non-hydrogen) atoms. The molecule has 4 nitrogen and oxygen atoms in total. The molecule has 0 aromatic heterocycles. The van der Waals surface area contributed by atoms with Gasteiger partial charge in [-0.15, -0.1) is 0 Å². The molecule has 136 valence electrons. The lowest BCUT2D eigenvalue weighted by atomic mass is 9.98. The number of amides is 2. The minimum Gasteiger partial charge on any atom is -0.350 e. The number of halogens is 3. The molecule has 2 amide bonds. The van der Waals surface area contributed by atoms with Crippen molar-refractivity contribution in [3.05, 3.63) is 41.2 Å². The summed E-state index contributed by atoms with van der Waals surface area (Å²) in [6.45, 7) is 6.04. The third-order valence-electron chi connectivity index (χ3n) is 3.94. The molecule has 0 radical (unpaired) electrons. The summed E-state index contributed by atoms with van der Waals surface area (Å²) in [5, 5.41) is 2.82. The molecular weight excluding hydrogens is 333 g/mol. The van der Waals surface area contributed by atoms with Gasteiger partial charge in [-0.3, -0.25) is 9.59 Å². The molecule has 7 heteroatoms. The molecule has 1 aromatic rings. The Labute approximate surface area is 144 Å². The molecular formula is C18H21F3N2O2. The van der Waals surface area contributed by atoms with Gasteiger partial charge in [0.05, 0.1) is 0 Å². The largest absolute Gasteiger partial charge is 0.350 e. The highest BCUT2D eigenvalue weighted by Gasteiger charge is 2.35. The van der Waals surface area contributed by atoms with Crippen LogP contribution in [0.25, 0.3) is 6.08 Å². The summed E-state index contributed by atoms with van der Waals surface area (Å²) in [7, 11) is 0. The monoisotopic (exact) mass is 354 g/mol. The van der Waals surface area contributed by atoms with Gasteiger partial charge in [-0.1, -0.05) is 13.8 Å². The summed E-state index contributed by atoms with van der Waals surface area (Å²) in [6.07, 6.45) is 2.86. The van der Waals surface area contributed by atoms with E-state index in [0.29, 0.717) is 13.0 Å². The third kappa shape index (κ3) is 4.61. The van der Waals surface area contributed by atoms with Crippen LogP contribution in [0.15, 0.2) is 18.2 Å². The first kappa shape index (κ1) is 19.0. The number of piperazine rings is 1. The first-order chi connectivity index (χ1) is 11.7. The molecule has 2 rings (SSSR count). The maximum Gasteiger partial charge on any atom is 0.247 e. The number of benzene rings is 1. The van der Waals surface area contributed by atoms with Crippen LogP contribution in [0.2, 0.25) is 0 Å². The fourth-order valence-corrected chi connectivity index (χ4v) is 2.81. The summed E-state index contributed by atoms with van der Waals surface area (Å²) in [6, 6.07) is 0.836. The first-order valence-electron chi connectivity index (χ1n) is 8.12. The van der Waals surface area contributed by atoms with Crippen LogP contribution >= 0.6 is 0 Å². The summed E-state index contributed by atoms with van der Waals surface area (Å²) in [4.78, 5) is 26.1. The Morgan fingerprint density at radius 1 is 1.32 bits per heavy atom. The van der Waals surface area contributed by atoms with Gasteiger partial charge in [-0.05, 0) is 43.0 Å². The smallest absolute Gasteiger partial charge is 0.247 e. The van der Waals surface area contributed by atoms with E-state index in [-0.39, 0.29) is 23.4 Å². The van der Waals surface area contributed by atoms with E-state index in [1.54, 1.807) is 6.92 Å². The Hall–Kier alpha value is -2.31. The molecule has 0 aliphatic carbocycles. The van der Waals surface area contributed by atoms with Crippen LogP contribution in [0.3, 0.4) is 0 Å². The number of carbonyl (C=O) groups excluding carboxylic acids is 2. The Morgan fingerprint density at radius 2 is 1.92 bits per heavy atom. The zero-order valence-corrected chi connectivity index (χ0v) is 14.4. The van der Waals surface area contributed by atoms with Crippen LogP contribution in [0, 0.1) is 23.4 Å². The van der Waals surface area contributed by atoms with Crippen molar-refractivity contribution in [2.24, 2.45) is 5.92 Å². The van der Waals surface area contributed by atoms with Gasteiger partial charge < -0.3 is 10.2 Å². The second-order valence-corrected chi connectivity index (χ2v) is 6.68. The molecule has 1 aliphatic rings. The van der Waals surface area contributed by atoms with Crippen molar-refractivity contribution in [3.63, 3.8) is 0 Å². The summed E-state index contributed by atoms with van der Waals surface area (Å²) in [5.41, 5.74) is 0.0275. The van der Waals surface area contributed by atoms with Gasteiger partial charge >= 0.3 is 0 Å². The van der Waals surface area contributed by atoms with E-state index in [2.05, 4.69) is 5.32 Å². The normalized spacial score (nSPS) is 21.1. The van der Waals surface area contributed by atoms with Crippen molar-refractivity contribution in [2.75, 3.05) is 6.54 Å². The summed E-state index contributed by atoms with van der Waals surface area (Å²) >= 11 is 0. The molecule has 1 fully saturated rings. The van der Waals surface area contributed by atoms with Crippen molar-refractivity contribution in [1.82, 2.24) is 10.2 Å². The fraction of sp³-hybridized carbons (Fsp3) is 0.444. The highest BCUT2D eigenvalue weighted by atomic mass is 19.2. The third-order valence-corrected chi connectivity index (χ3v) is 3.94. The number of nitrogens with zero attached hydrogens (tertiary/aromatic N) is 1. The van der Waals surface area contributed by atoms with Crippen molar-refractivity contribution < 1.29 is 22.8 Å². The zero-order chi connectivity index (χ0) is 18.7. The lowest BCUT2D eigenvalue weighted by Gasteiger charge is -2.38. The highest BCUT2D eigenvalue weighted by Crippen LogP contribution is 2.18. The SMILES string of the molecule is CC(C)CC1C(=O)NC(C)CN1C(=O)/C=C/c1cc(F)c(F)c(F)c1. The minimum atomic E-state index is -1.55. The Balaban J connectivity index is 2.20. The van der Waals surface area contributed by atoms with Gasteiger partial charge in [0.2, 0.25) is 11.8 Å². The van der Waals surface area contributed by atoms with Crippen molar-refractivity contribution in [3.8, 4) is 0 Å². The molecule has 1 heterocycles. The molecule has 1 N–H and O–H groups in total. The van der Waals surface area contributed by atoms with Gasteiger partial charge in [0.25, 0.3) is 0 Å². The average Bonchev–Trinajstić information content (AvgIpc) is 2.52. The first-order valence-corrected chi connectivity index (χ1v) is 8.12. The number of nitrogens with one attached hydrogen (secondary N) is 1. The second kappa shape index (κ2) is 7.72. The van der Waals surface area contributed by atoms with Gasteiger partial charge in [0, 0.05) is 18.7 Å². The van der Waals surface area contributed by atoms with Gasteiger partial charge in [-0.2, -0.15) is 0 Å². The quantitative estimate of drug-likeness (QED) is 0.668. The molecule has 0 spiro atoms. The standard InChI is InChI=1S/C18H21F3N2O2/c1-10(2)6-15-18(25)22-11(3)9-23(15)16(24)5-4-12-7-13(19)17(21)14(20)8-12/h4-5,7-8,10-11,15H,6,9H2,1-3H3,(H,22,25)/b5-4+. The Morgan fingerprint density at radius 3 is 2.48 bits per heavy atom. The molecule has 2 atom stereocenters. The predicted octanol–water partition coefficient (Wildman–Crippen LogP) is 2.88. The molecule has 1 saturated heterocycles. The molecule has 0 bridgehead atoms. The van der Waals surface area contributed by atoms with Crippen LogP contribution in [0.5, 0.6) is 0 Å². The minimum absolute atomic E-state index is 0.0275. The number of carbonyl (C=O) groups is 2. The number of rotatable bonds is 4. The number of hydrogen-bond acceptors (Lipinski definition) is 2. The van der Waals surface area contributed by atoms with Crippen LogP contribution in [0.1, 0.15) is 32.8 Å². The van der Waals surface area contributed by atoms with Crippen LogP contribution in [-0.2, 0) is 9.59 Å². The van der Waals surface area contributed by atoms with Crippen LogP contribution in [-0.4, -0.2) is 35.3 Å². The van der Waals surface area contributed by atoms with E-state index < -0.39 is 29.4 Å². The Bertz CT molecular complexity index is 681. The van der Waals surface area contributed by atoms with Crippen molar-refractivity contribution >= 4 is 17.9 Å². The van der Waals surface area contributed by atoms with Crippen molar-refractivity contribution in [1.29, 1.82) is 0 Å². The van der Waals surface area contributed by atoms with E-state index in [1.807, 2.05) is 13.8 Å². The van der Waals surface area contributed by atoms with Gasteiger partial charge in [-0.25, -0.2) is 13.2 Å². The molecule has 1 aromatic carbocycles. The molecule has 2 unspecified atom stereocenters. The average molecular weight is 354 g/mol. The maximum atomic E-state index is 13.2. The lowest BCUT2D eigenvalue weighted by Crippen LogP contribution is -2.60. The van der Waals surface area contributed by atoms with E-state index >= 15 is 0 Å². The van der Waals surface area contributed by atoms with Crippen LogP contribution in [0.4, 0.5) is 13.2 Å². The summed E-state index contributed by atoms with van der Waals surface area (Å²) in [5.74, 6) is -4.64. The summed E-state index contributed by atoms with van der Waals surface area (Å²) < 4.78 is 39.4. The molecule has 0 saturated carbocycles. The topological polar surface area (TPSA) is 49.4 Å². The van der Waals surface area contributed by atoms with Gasteiger partial charge in [0.15, 0.2) is 17.5 Å². The lowest BCUT2D eigenvalue weighted by molar-refractivity contribution is -0.142. The molecule has 1 aliphatic heterocycles. The predicted molar refractivity (Wildman–Crippen MR) is 87.9 cm³/mol. The van der Waals surface area contributed by atoms with Gasteiger partial charge in [0.1, 0.15) is 6.04 Å². The van der Waals surface area contributed by atoms with E-state index in [0.717, 1.165) is 18.2 Å². The number of hydrogen-bond donors (Lipinski definition) is 1. The Kier molecular flexibility index (Phi) is 5.87. The van der Waals surface area contributed by atoms with Crippen molar-refractivity contribution in [2.45, 2.75) is 39.3 Å². The maximum absolute atomic E-state index is 13.2. The zero-order valence-electron chi connectivity index (χ0n) is 14.4. The second-order valence-electron chi connectivity index (χ2n) is 6.68. The fourth-order valence-electron chi connectivity index (χ4n) is 2.81. The van der Waals surface area contributed by atoms with Crippen LogP contribution < -0.4 is 5.32 Å². The van der Waals surface area contributed by atoms with E-state index in [9.17, 15) is 22.8 Å². The van der Waals surface area contributed by atoms with E-state index in [1.165, 1.54) is 11.0 Å².